The molecule has 1 aliphatic rings. The third-order valence-electron chi connectivity index (χ3n) is 4.68. The van der Waals surface area contributed by atoms with Crippen LogP contribution in [-0.4, -0.2) is 18.1 Å². The fraction of sp³-hybridized carbons (Fsp3) is 0.688. The summed E-state index contributed by atoms with van der Waals surface area (Å²) in [4.78, 5) is 4.27. The number of pyridine rings is 1. The van der Waals surface area contributed by atoms with E-state index in [1.807, 2.05) is 6.20 Å². The number of hydrogen-bond donors (Lipinski definition) is 1. The van der Waals surface area contributed by atoms with Gasteiger partial charge in [-0.2, -0.15) is 0 Å². The van der Waals surface area contributed by atoms with Gasteiger partial charge in [0.1, 0.15) is 0 Å². The van der Waals surface area contributed by atoms with E-state index in [1.165, 1.54) is 36.8 Å². The zero-order valence-electron chi connectivity index (χ0n) is 12.4. The number of aromatic nitrogens is 1. The van der Waals surface area contributed by atoms with Crippen molar-refractivity contribution in [3.05, 3.63) is 23.4 Å². The Kier molecular flexibility index (Phi) is 4.81. The van der Waals surface area contributed by atoms with E-state index < -0.39 is 0 Å². The summed E-state index contributed by atoms with van der Waals surface area (Å²) in [7, 11) is 1.69. The first kappa shape index (κ1) is 14.3. The molecule has 3 nitrogen and oxygen atoms in total. The molecule has 0 aliphatic heterocycles. The quantitative estimate of drug-likeness (QED) is 0.904. The zero-order valence-corrected chi connectivity index (χ0v) is 12.4. The molecule has 1 aromatic rings. The van der Waals surface area contributed by atoms with Crippen molar-refractivity contribution >= 4 is 0 Å². The maximum Gasteiger partial charge on any atom is 0.216 e. The van der Waals surface area contributed by atoms with Gasteiger partial charge < -0.3 is 10.5 Å². The van der Waals surface area contributed by atoms with Gasteiger partial charge in [0.15, 0.2) is 0 Å². The molecule has 106 valence electrons. The van der Waals surface area contributed by atoms with E-state index in [0.717, 1.165) is 12.3 Å². The van der Waals surface area contributed by atoms with Crippen LogP contribution in [0.15, 0.2) is 12.3 Å². The third kappa shape index (κ3) is 3.08. The first-order valence-electron chi connectivity index (χ1n) is 7.42. The van der Waals surface area contributed by atoms with E-state index in [2.05, 4.69) is 24.9 Å². The van der Waals surface area contributed by atoms with Crippen LogP contribution in [0.1, 0.15) is 56.1 Å². The van der Waals surface area contributed by atoms with E-state index in [4.69, 9.17) is 10.5 Å². The lowest BCUT2D eigenvalue weighted by atomic mass is 9.75. The largest absolute Gasteiger partial charge is 0.481 e. The van der Waals surface area contributed by atoms with Crippen molar-refractivity contribution in [1.29, 1.82) is 0 Å². The molecule has 1 heterocycles. The minimum atomic E-state index is 0.383. The molecule has 0 saturated heterocycles. The molecule has 0 amide bonds. The van der Waals surface area contributed by atoms with Crippen LogP contribution in [0.2, 0.25) is 0 Å². The molecule has 3 heteroatoms. The Morgan fingerprint density at radius 3 is 2.63 bits per heavy atom. The summed E-state index contributed by atoms with van der Waals surface area (Å²) in [6.07, 6.45) is 7.95. The molecule has 2 N–H and O–H groups in total. The van der Waals surface area contributed by atoms with Crippen LogP contribution in [0.25, 0.3) is 0 Å². The predicted molar refractivity (Wildman–Crippen MR) is 78.5 cm³/mol. The summed E-state index contributed by atoms with van der Waals surface area (Å²) in [5.74, 6) is 2.13. The molecular weight excluding hydrogens is 236 g/mol. The van der Waals surface area contributed by atoms with Crippen LogP contribution in [-0.2, 0) is 0 Å². The molecule has 0 aromatic carbocycles. The highest BCUT2D eigenvalue weighted by Gasteiger charge is 2.26. The van der Waals surface area contributed by atoms with E-state index in [-0.39, 0.29) is 0 Å². The summed E-state index contributed by atoms with van der Waals surface area (Å²) in [5.41, 5.74) is 8.79. The number of hydrogen-bond acceptors (Lipinski definition) is 3. The highest BCUT2D eigenvalue weighted by atomic mass is 16.5. The third-order valence-corrected chi connectivity index (χ3v) is 4.68. The maximum absolute atomic E-state index is 6.18. The number of nitrogens with zero attached hydrogens (tertiary/aromatic N) is 1. The topological polar surface area (TPSA) is 48.1 Å². The van der Waals surface area contributed by atoms with Gasteiger partial charge in [0.25, 0.3) is 0 Å². The summed E-state index contributed by atoms with van der Waals surface area (Å²) in [5, 5.41) is 0. The molecule has 0 bridgehead atoms. The van der Waals surface area contributed by atoms with Crippen molar-refractivity contribution in [3.63, 3.8) is 0 Å². The number of nitrogens with two attached hydrogens (primary N) is 1. The van der Waals surface area contributed by atoms with Crippen LogP contribution >= 0.6 is 0 Å². The normalized spacial score (nSPS) is 25.1. The number of ether oxygens (including phenoxy) is 1. The van der Waals surface area contributed by atoms with E-state index in [9.17, 15) is 0 Å². The average Bonchev–Trinajstić information content (AvgIpc) is 2.47. The number of rotatable bonds is 4. The lowest BCUT2D eigenvalue weighted by Gasteiger charge is -2.32. The molecule has 1 fully saturated rings. The Labute approximate surface area is 116 Å². The molecule has 0 spiro atoms. The molecule has 1 aromatic heterocycles. The van der Waals surface area contributed by atoms with Gasteiger partial charge in [0.05, 0.1) is 7.11 Å². The highest BCUT2D eigenvalue weighted by molar-refractivity contribution is 5.35. The van der Waals surface area contributed by atoms with Crippen molar-refractivity contribution in [2.45, 2.75) is 57.9 Å². The molecule has 1 atom stereocenters. The molecule has 1 unspecified atom stereocenters. The second-order valence-corrected chi connectivity index (χ2v) is 5.72. The molecule has 2 rings (SSSR count). The van der Waals surface area contributed by atoms with Crippen molar-refractivity contribution in [3.8, 4) is 5.88 Å². The van der Waals surface area contributed by atoms with Gasteiger partial charge in [-0.25, -0.2) is 4.98 Å². The van der Waals surface area contributed by atoms with Crippen LogP contribution in [0, 0.1) is 12.8 Å². The molecule has 19 heavy (non-hydrogen) atoms. The Bertz CT molecular complexity index is 411. The lowest BCUT2D eigenvalue weighted by molar-refractivity contribution is 0.276. The monoisotopic (exact) mass is 262 g/mol. The van der Waals surface area contributed by atoms with E-state index in [1.54, 1.807) is 7.11 Å². The fourth-order valence-electron chi connectivity index (χ4n) is 3.37. The Morgan fingerprint density at radius 2 is 2.05 bits per heavy atom. The van der Waals surface area contributed by atoms with Gasteiger partial charge in [-0.1, -0.05) is 6.92 Å². The van der Waals surface area contributed by atoms with Gasteiger partial charge in [0, 0.05) is 17.8 Å². The van der Waals surface area contributed by atoms with Gasteiger partial charge in [-0.05, 0) is 62.5 Å². The highest BCUT2D eigenvalue weighted by Crippen LogP contribution is 2.39. The molecule has 1 saturated carbocycles. The molecule has 0 radical (unpaired) electrons. The predicted octanol–water partition coefficient (Wildman–Crippen LogP) is 3.41. The molecule has 1 aliphatic carbocycles. The van der Waals surface area contributed by atoms with Crippen molar-refractivity contribution < 1.29 is 4.74 Å². The van der Waals surface area contributed by atoms with Crippen LogP contribution in [0.3, 0.4) is 0 Å². The minimum absolute atomic E-state index is 0.383. The van der Waals surface area contributed by atoms with Crippen LogP contribution < -0.4 is 10.5 Å². The SMILES string of the molecule is CCC(N)[C@H]1CC[C@@H](c2ccnc(OC)c2C)CC1. The summed E-state index contributed by atoms with van der Waals surface area (Å²) in [6, 6.07) is 2.54. The molecular formula is C16H26N2O. The van der Waals surface area contributed by atoms with Gasteiger partial charge in [-0.15, -0.1) is 0 Å². The Hall–Kier alpha value is -1.09. The zero-order chi connectivity index (χ0) is 13.8. The first-order chi connectivity index (χ1) is 9.17. The maximum atomic E-state index is 6.18. The van der Waals surface area contributed by atoms with Crippen LogP contribution in [0.4, 0.5) is 0 Å². The standard InChI is InChI=1S/C16H26N2O/c1-4-15(17)13-7-5-12(6-8-13)14-9-10-18-16(19-3)11(14)2/h9-10,12-13,15H,4-8,17H2,1-3H3/t12-,13+,15?. The number of methoxy groups -OCH3 is 1. The fourth-order valence-corrected chi connectivity index (χ4v) is 3.37. The van der Waals surface area contributed by atoms with Gasteiger partial charge in [0.2, 0.25) is 5.88 Å². The second kappa shape index (κ2) is 6.38. The summed E-state index contributed by atoms with van der Waals surface area (Å²) < 4.78 is 5.32. The Balaban J connectivity index is 2.06. The van der Waals surface area contributed by atoms with E-state index in [0.29, 0.717) is 17.9 Å². The average molecular weight is 262 g/mol. The van der Waals surface area contributed by atoms with Gasteiger partial charge >= 0.3 is 0 Å². The Morgan fingerprint density at radius 1 is 1.37 bits per heavy atom. The van der Waals surface area contributed by atoms with Crippen molar-refractivity contribution in [2.24, 2.45) is 11.7 Å². The second-order valence-electron chi connectivity index (χ2n) is 5.72. The van der Waals surface area contributed by atoms with Gasteiger partial charge in [-0.3, -0.25) is 0 Å². The van der Waals surface area contributed by atoms with Crippen molar-refractivity contribution in [2.75, 3.05) is 7.11 Å². The minimum Gasteiger partial charge on any atom is -0.481 e. The smallest absolute Gasteiger partial charge is 0.216 e. The van der Waals surface area contributed by atoms with E-state index >= 15 is 0 Å². The summed E-state index contributed by atoms with van der Waals surface area (Å²) >= 11 is 0. The summed E-state index contributed by atoms with van der Waals surface area (Å²) in [6.45, 7) is 4.31. The lowest BCUT2D eigenvalue weighted by Crippen LogP contribution is -2.32. The van der Waals surface area contributed by atoms with Crippen molar-refractivity contribution in [1.82, 2.24) is 4.98 Å². The first-order valence-corrected chi connectivity index (χ1v) is 7.42. The van der Waals surface area contributed by atoms with Crippen LogP contribution in [0.5, 0.6) is 5.88 Å².